The average Bonchev–Trinajstić information content (AvgIpc) is 3.17. The maximum Gasteiger partial charge on any atom is 0.256 e. The van der Waals surface area contributed by atoms with E-state index >= 15 is 0 Å². The van der Waals surface area contributed by atoms with E-state index in [0.29, 0.717) is 18.2 Å². The normalized spacial score (nSPS) is 16.1. The molecule has 1 aliphatic heterocycles. The van der Waals surface area contributed by atoms with Gasteiger partial charge in [-0.05, 0) is 37.5 Å². The van der Waals surface area contributed by atoms with Crippen molar-refractivity contribution in [2.45, 2.75) is 25.2 Å². The third kappa shape index (κ3) is 3.29. The lowest BCUT2D eigenvalue weighted by Crippen LogP contribution is -2.46. The van der Waals surface area contributed by atoms with Gasteiger partial charge in [0.25, 0.3) is 5.91 Å². The SMILES string of the molecule is Cc1ccc(F)c(C(=O)N2CCC(c3ccccc3)(c3csc(N)n3)CC2)c1. The molecular weight excluding hydrogens is 373 g/mol. The molecule has 1 aromatic heterocycles. The highest BCUT2D eigenvalue weighted by atomic mass is 32.1. The van der Waals surface area contributed by atoms with Crippen LogP contribution in [0.4, 0.5) is 9.52 Å². The van der Waals surface area contributed by atoms with Gasteiger partial charge < -0.3 is 10.6 Å². The predicted octanol–water partition coefficient (Wildman–Crippen LogP) is 4.40. The molecule has 1 amide bonds. The molecule has 1 fully saturated rings. The Kier molecular flexibility index (Phi) is 4.89. The molecule has 0 aliphatic carbocycles. The molecule has 3 aromatic rings. The number of piperidine rings is 1. The van der Waals surface area contributed by atoms with E-state index < -0.39 is 5.82 Å². The van der Waals surface area contributed by atoms with Crippen LogP contribution in [0.1, 0.15) is 40.0 Å². The lowest BCUT2D eigenvalue weighted by molar-refractivity contribution is 0.0679. The Balaban J connectivity index is 1.62. The minimum absolute atomic E-state index is 0.144. The van der Waals surface area contributed by atoms with Crippen LogP contribution in [0.15, 0.2) is 53.9 Å². The van der Waals surface area contributed by atoms with E-state index in [9.17, 15) is 9.18 Å². The molecule has 1 aliphatic rings. The molecule has 144 valence electrons. The zero-order valence-corrected chi connectivity index (χ0v) is 16.5. The van der Waals surface area contributed by atoms with Crippen LogP contribution in [-0.2, 0) is 5.41 Å². The van der Waals surface area contributed by atoms with Gasteiger partial charge in [-0.1, -0.05) is 42.0 Å². The number of carbonyl (C=O) groups excluding carboxylic acids is 1. The summed E-state index contributed by atoms with van der Waals surface area (Å²) in [5.41, 5.74) is 8.77. The number of benzene rings is 2. The molecule has 0 bridgehead atoms. The first kappa shape index (κ1) is 18.6. The molecule has 0 saturated carbocycles. The Hall–Kier alpha value is -2.73. The monoisotopic (exact) mass is 395 g/mol. The summed E-state index contributed by atoms with van der Waals surface area (Å²) >= 11 is 1.44. The van der Waals surface area contributed by atoms with E-state index in [1.807, 2.05) is 30.5 Å². The van der Waals surface area contributed by atoms with Gasteiger partial charge in [-0.25, -0.2) is 9.37 Å². The number of likely N-dealkylation sites (tertiary alicyclic amines) is 1. The standard InChI is InChI=1S/C22H22FN3OS/c1-15-7-8-18(23)17(13-15)20(27)26-11-9-22(10-12-26,16-5-3-2-4-6-16)19-14-28-21(24)25-19/h2-8,13-14H,9-12H2,1H3,(H2,24,25). The lowest BCUT2D eigenvalue weighted by Gasteiger charge is -2.41. The zero-order chi connectivity index (χ0) is 19.7. The number of hydrogen-bond donors (Lipinski definition) is 1. The van der Waals surface area contributed by atoms with Crippen molar-refractivity contribution in [1.82, 2.24) is 9.88 Å². The summed E-state index contributed by atoms with van der Waals surface area (Å²) in [7, 11) is 0. The summed E-state index contributed by atoms with van der Waals surface area (Å²) in [6, 6.07) is 14.9. The minimum atomic E-state index is -0.470. The van der Waals surface area contributed by atoms with Gasteiger partial charge in [0.1, 0.15) is 5.82 Å². The van der Waals surface area contributed by atoms with E-state index in [2.05, 4.69) is 17.1 Å². The molecule has 0 radical (unpaired) electrons. The second-order valence-corrected chi connectivity index (χ2v) is 8.18. The average molecular weight is 396 g/mol. The highest BCUT2D eigenvalue weighted by Gasteiger charge is 2.41. The molecule has 0 unspecified atom stereocenters. The second-order valence-electron chi connectivity index (χ2n) is 7.29. The maximum absolute atomic E-state index is 14.2. The number of halogens is 1. The first-order valence-corrected chi connectivity index (χ1v) is 10.2. The van der Waals surface area contributed by atoms with Gasteiger partial charge in [-0.2, -0.15) is 0 Å². The predicted molar refractivity (Wildman–Crippen MR) is 110 cm³/mol. The summed E-state index contributed by atoms with van der Waals surface area (Å²) < 4.78 is 14.2. The molecule has 4 rings (SSSR count). The van der Waals surface area contributed by atoms with Gasteiger partial charge in [0.05, 0.1) is 11.3 Å². The van der Waals surface area contributed by atoms with Gasteiger partial charge in [0.2, 0.25) is 0 Å². The highest BCUT2D eigenvalue weighted by Crippen LogP contribution is 2.42. The first-order valence-electron chi connectivity index (χ1n) is 9.32. The van der Waals surface area contributed by atoms with Crippen LogP contribution in [0.2, 0.25) is 0 Å². The zero-order valence-electron chi connectivity index (χ0n) is 15.7. The van der Waals surface area contributed by atoms with E-state index in [-0.39, 0.29) is 16.9 Å². The number of aromatic nitrogens is 1. The summed E-state index contributed by atoms with van der Waals surface area (Å²) in [5.74, 6) is -0.719. The van der Waals surface area contributed by atoms with Crippen LogP contribution in [0, 0.1) is 12.7 Å². The van der Waals surface area contributed by atoms with Crippen LogP contribution in [0.25, 0.3) is 0 Å². The van der Waals surface area contributed by atoms with Gasteiger partial charge in [-0.3, -0.25) is 4.79 Å². The fourth-order valence-electron chi connectivity index (χ4n) is 4.02. The molecule has 28 heavy (non-hydrogen) atoms. The number of carbonyl (C=O) groups is 1. The Morgan fingerprint density at radius 3 is 2.54 bits per heavy atom. The molecule has 6 heteroatoms. The number of aryl methyl sites for hydroxylation is 1. The number of amides is 1. The van der Waals surface area contributed by atoms with Gasteiger partial charge >= 0.3 is 0 Å². The topological polar surface area (TPSA) is 59.2 Å². The van der Waals surface area contributed by atoms with Crippen molar-refractivity contribution >= 4 is 22.4 Å². The molecule has 0 spiro atoms. The van der Waals surface area contributed by atoms with Crippen molar-refractivity contribution < 1.29 is 9.18 Å². The van der Waals surface area contributed by atoms with Crippen molar-refractivity contribution in [3.8, 4) is 0 Å². The van der Waals surface area contributed by atoms with Crippen LogP contribution in [0.3, 0.4) is 0 Å². The molecule has 2 aromatic carbocycles. The smallest absolute Gasteiger partial charge is 0.256 e. The van der Waals surface area contributed by atoms with Gasteiger partial charge in [0, 0.05) is 23.9 Å². The number of rotatable bonds is 3. The minimum Gasteiger partial charge on any atom is -0.375 e. The van der Waals surface area contributed by atoms with E-state index in [1.165, 1.54) is 23.0 Å². The van der Waals surface area contributed by atoms with Crippen LogP contribution < -0.4 is 5.73 Å². The second kappa shape index (κ2) is 7.36. The van der Waals surface area contributed by atoms with Crippen molar-refractivity contribution in [2.75, 3.05) is 18.8 Å². The van der Waals surface area contributed by atoms with Crippen LogP contribution in [0.5, 0.6) is 0 Å². The molecule has 1 saturated heterocycles. The maximum atomic E-state index is 14.2. The largest absolute Gasteiger partial charge is 0.375 e. The van der Waals surface area contributed by atoms with Crippen LogP contribution in [-0.4, -0.2) is 28.9 Å². The quantitative estimate of drug-likeness (QED) is 0.715. The van der Waals surface area contributed by atoms with Gasteiger partial charge in [-0.15, -0.1) is 11.3 Å². The number of anilines is 1. The van der Waals surface area contributed by atoms with Crippen molar-refractivity contribution in [2.24, 2.45) is 0 Å². The lowest BCUT2D eigenvalue weighted by atomic mass is 9.70. The first-order chi connectivity index (χ1) is 13.5. The van der Waals surface area contributed by atoms with Crippen molar-refractivity contribution in [1.29, 1.82) is 0 Å². The summed E-state index contributed by atoms with van der Waals surface area (Å²) in [4.78, 5) is 19.2. The molecule has 0 atom stereocenters. The Bertz CT molecular complexity index is 994. The number of nitrogen functional groups attached to an aromatic ring is 1. The van der Waals surface area contributed by atoms with E-state index in [1.54, 1.807) is 17.0 Å². The Morgan fingerprint density at radius 2 is 1.89 bits per heavy atom. The number of thiazole rings is 1. The highest BCUT2D eigenvalue weighted by molar-refractivity contribution is 7.13. The Labute approximate surface area is 167 Å². The molecule has 2 heterocycles. The summed E-state index contributed by atoms with van der Waals surface area (Å²) in [6.45, 7) is 2.94. The van der Waals surface area contributed by atoms with Crippen molar-refractivity contribution in [3.63, 3.8) is 0 Å². The van der Waals surface area contributed by atoms with Crippen molar-refractivity contribution in [3.05, 3.63) is 82.1 Å². The fraction of sp³-hybridized carbons (Fsp3) is 0.273. The summed E-state index contributed by atoms with van der Waals surface area (Å²) in [6.07, 6.45) is 1.44. The fourth-order valence-corrected chi connectivity index (χ4v) is 4.68. The molecular formula is C22H22FN3OS. The number of nitrogens with two attached hydrogens (primary N) is 1. The van der Waals surface area contributed by atoms with E-state index in [0.717, 1.165) is 24.1 Å². The third-order valence-corrected chi connectivity index (χ3v) is 6.27. The third-order valence-electron chi connectivity index (χ3n) is 5.60. The molecule has 4 nitrogen and oxygen atoms in total. The van der Waals surface area contributed by atoms with Crippen LogP contribution >= 0.6 is 11.3 Å². The summed E-state index contributed by atoms with van der Waals surface area (Å²) in [5, 5.41) is 2.56. The Morgan fingerprint density at radius 1 is 1.18 bits per heavy atom. The molecule has 2 N–H and O–H groups in total. The number of nitrogens with zero attached hydrogens (tertiary/aromatic N) is 2. The van der Waals surface area contributed by atoms with Gasteiger partial charge in [0.15, 0.2) is 5.13 Å². The number of hydrogen-bond acceptors (Lipinski definition) is 4. The van der Waals surface area contributed by atoms with E-state index in [4.69, 9.17) is 5.73 Å².